The highest BCUT2D eigenvalue weighted by atomic mass is 19.1. The number of esters is 4. The van der Waals surface area contributed by atoms with Crippen LogP contribution in [0.3, 0.4) is 0 Å². The molecule has 3 aromatic rings. The molecule has 0 aliphatic heterocycles. The molecular weight excluding hydrogens is 531 g/mol. The van der Waals surface area contributed by atoms with Gasteiger partial charge in [-0.3, -0.25) is 0 Å². The highest BCUT2D eigenvalue weighted by Gasteiger charge is 2.18. The van der Waals surface area contributed by atoms with Crippen molar-refractivity contribution in [2.24, 2.45) is 0 Å². The molecule has 0 N–H and O–H groups in total. The van der Waals surface area contributed by atoms with E-state index in [0.29, 0.717) is 16.7 Å². The summed E-state index contributed by atoms with van der Waals surface area (Å²) < 4.78 is 36.3. The summed E-state index contributed by atoms with van der Waals surface area (Å²) in [5.41, 5.74) is 1.57. The van der Waals surface area contributed by atoms with Crippen molar-refractivity contribution in [1.29, 1.82) is 0 Å². The van der Waals surface area contributed by atoms with E-state index in [1.807, 2.05) is 0 Å². The predicted octanol–water partition coefficient (Wildman–Crippen LogP) is 6.31. The molecule has 0 heterocycles. The van der Waals surface area contributed by atoms with E-state index in [-0.39, 0.29) is 39.7 Å². The Bertz CT molecular complexity index is 1620. The molecule has 0 amide bonds. The molecule has 0 saturated heterocycles. The smallest absolute Gasteiger partial charge is 0.338 e. The Morgan fingerprint density at radius 1 is 0.610 bits per heavy atom. The lowest BCUT2D eigenvalue weighted by Crippen LogP contribution is -2.12. The van der Waals surface area contributed by atoms with E-state index >= 15 is 4.39 Å². The summed E-state index contributed by atoms with van der Waals surface area (Å²) in [6.07, 6.45) is 1.86. The molecule has 208 valence electrons. The Labute approximate surface area is 235 Å². The highest BCUT2D eigenvalue weighted by Crippen LogP contribution is 2.37. The minimum Gasteiger partial charge on any atom is -0.419 e. The Morgan fingerprint density at radius 2 is 1.02 bits per heavy atom. The number of hydrogen-bond acceptors (Lipinski definition) is 8. The molecule has 0 saturated carbocycles. The van der Waals surface area contributed by atoms with Crippen LogP contribution >= 0.6 is 0 Å². The fourth-order valence-corrected chi connectivity index (χ4v) is 3.29. The van der Waals surface area contributed by atoms with Gasteiger partial charge in [-0.1, -0.05) is 50.6 Å². The molecule has 0 bridgehead atoms. The SMILES string of the molecule is C=CC(=O)Oc1ccc(-c2ccc(-c3ccc(OC(=O)C(=C)C)c(OC(=O)C(=C)C)c3)cc2F)cc1OC(=O)C=C. The van der Waals surface area contributed by atoms with Gasteiger partial charge in [0.15, 0.2) is 23.0 Å². The van der Waals surface area contributed by atoms with E-state index in [2.05, 4.69) is 26.3 Å². The van der Waals surface area contributed by atoms with E-state index in [1.54, 1.807) is 12.1 Å². The van der Waals surface area contributed by atoms with Crippen molar-refractivity contribution in [3.63, 3.8) is 0 Å². The normalized spacial score (nSPS) is 10.1. The second-order valence-corrected chi connectivity index (χ2v) is 8.61. The summed E-state index contributed by atoms with van der Waals surface area (Å²) in [5.74, 6) is -4.01. The van der Waals surface area contributed by atoms with Crippen LogP contribution in [0, 0.1) is 5.82 Å². The van der Waals surface area contributed by atoms with Crippen LogP contribution in [0.25, 0.3) is 22.3 Å². The molecule has 0 atom stereocenters. The summed E-state index contributed by atoms with van der Waals surface area (Å²) in [5, 5.41) is 0. The van der Waals surface area contributed by atoms with Crippen LogP contribution in [0.1, 0.15) is 13.8 Å². The van der Waals surface area contributed by atoms with Gasteiger partial charge in [0, 0.05) is 28.9 Å². The van der Waals surface area contributed by atoms with Gasteiger partial charge in [-0.2, -0.15) is 0 Å². The molecule has 0 radical (unpaired) electrons. The Kier molecular flexibility index (Phi) is 9.50. The zero-order chi connectivity index (χ0) is 30.3. The Morgan fingerprint density at radius 3 is 1.56 bits per heavy atom. The first-order valence-corrected chi connectivity index (χ1v) is 12.0. The molecule has 3 aromatic carbocycles. The molecule has 0 spiro atoms. The van der Waals surface area contributed by atoms with Gasteiger partial charge in [0.25, 0.3) is 0 Å². The summed E-state index contributed by atoms with van der Waals surface area (Å²) in [6, 6.07) is 12.9. The van der Waals surface area contributed by atoms with Crippen molar-refractivity contribution in [2.75, 3.05) is 0 Å². The van der Waals surface area contributed by atoms with Crippen molar-refractivity contribution < 1.29 is 42.5 Å². The first-order chi connectivity index (χ1) is 19.4. The van der Waals surface area contributed by atoms with Crippen molar-refractivity contribution in [1.82, 2.24) is 0 Å². The van der Waals surface area contributed by atoms with Gasteiger partial charge >= 0.3 is 23.9 Å². The molecule has 8 nitrogen and oxygen atoms in total. The van der Waals surface area contributed by atoms with Crippen LogP contribution in [0.15, 0.2) is 104 Å². The topological polar surface area (TPSA) is 105 Å². The van der Waals surface area contributed by atoms with E-state index in [0.717, 1.165) is 12.2 Å². The second kappa shape index (κ2) is 13.0. The van der Waals surface area contributed by atoms with Gasteiger partial charge in [-0.25, -0.2) is 23.6 Å². The zero-order valence-electron chi connectivity index (χ0n) is 22.3. The lowest BCUT2D eigenvalue weighted by Gasteiger charge is -2.14. The quantitative estimate of drug-likeness (QED) is 0.163. The number of halogens is 1. The van der Waals surface area contributed by atoms with Crippen molar-refractivity contribution in [3.05, 3.63) is 110 Å². The number of carbonyl (C=O) groups is 4. The summed E-state index contributed by atoms with van der Waals surface area (Å²) in [6.45, 7) is 16.7. The number of carbonyl (C=O) groups excluding carboxylic acids is 4. The number of ether oxygens (including phenoxy) is 4. The maximum absolute atomic E-state index is 15.4. The van der Waals surface area contributed by atoms with Crippen LogP contribution in [-0.2, 0) is 19.2 Å². The molecule has 0 aromatic heterocycles. The average Bonchev–Trinajstić information content (AvgIpc) is 2.94. The minimum absolute atomic E-state index is 0.0349. The standard InChI is InChI=1S/C32H25FO8/c1-7-29(34)38-25-14-11-22(17-27(25)39-30(35)8-2)23-12-9-20(15-24(23)33)21-10-13-26(40-31(36)18(3)4)28(16-21)41-32(37)19(5)6/h7-17H,1-3,5H2,4,6H3. The monoisotopic (exact) mass is 556 g/mol. The molecule has 3 rings (SSSR count). The van der Waals surface area contributed by atoms with Gasteiger partial charge in [-0.05, 0) is 60.9 Å². The fraction of sp³-hybridized carbons (Fsp3) is 0.0625. The molecule has 0 aliphatic carbocycles. The highest BCUT2D eigenvalue weighted by molar-refractivity contribution is 5.91. The van der Waals surface area contributed by atoms with Crippen molar-refractivity contribution in [3.8, 4) is 45.3 Å². The Hall–Kier alpha value is -5.57. The van der Waals surface area contributed by atoms with E-state index in [4.69, 9.17) is 18.9 Å². The van der Waals surface area contributed by atoms with Gasteiger partial charge in [0.05, 0.1) is 0 Å². The van der Waals surface area contributed by atoms with E-state index < -0.39 is 29.7 Å². The molecule has 0 unspecified atom stereocenters. The second-order valence-electron chi connectivity index (χ2n) is 8.61. The number of rotatable bonds is 10. The fourth-order valence-electron chi connectivity index (χ4n) is 3.29. The third-order valence-corrected chi connectivity index (χ3v) is 5.36. The molecule has 9 heteroatoms. The minimum atomic E-state index is -0.811. The van der Waals surface area contributed by atoms with Crippen LogP contribution in [-0.4, -0.2) is 23.9 Å². The van der Waals surface area contributed by atoms with Crippen molar-refractivity contribution >= 4 is 23.9 Å². The third kappa shape index (κ3) is 7.51. The molecule has 0 aliphatic rings. The van der Waals surface area contributed by atoms with Crippen LogP contribution < -0.4 is 18.9 Å². The van der Waals surface area contributed by atoms with E-state index in [9.17, 15) is 19.2 Å². The largest absolute Gasteiger partial charge is 0.419 e. The van der Waals surface area contributed by atoms with Crippen LogP contribution in [0.2, 0.25) is 0 Å². The third-order valence-electron chi connectivity index (χ3n) is 5.36. The zero-order valence-corrected chi connectivity index (χ0v) is 22.3. The summed E-state index contributed by atoms with van der Waals surface area (Å²) in [7, 11) is 0. The van der Waals surface area contributed by atoms with Gasteiger partial charge < -0.3 is 18.9 Å². The average molecular weight is 557 g/mol. The van der Waals surface area contributed by atoms with Gasteiger partial charge in [0.1, 0.15) is 5.82 Å². The van der Waals surface area contributed by atoms with Crippen LogP contribution in [0.4, 0.5) is 4.39 Å². The maximum atomic E-state index is 15.4. The van der Waals surface area contributed by atoms with Crippen molar-refractivity contribution in [2.45, 2.75) is 13.8 Å². The first kappa shape index (κ1) is 30.0. The van der Waals surface area contributed by atoms with E-state index in [1.165, 1.54) is 56.3 Å². The molecular formula is C32H25FO8. The number of hydrogen-bond donors (Lipinski definition) is 0. The summed E-state index contributed by atoms with van der Waals surface area (Å²) in [4.78, 5) is 47.7. The first-order valence-electron chi connectivity index (χ1n) is 12.0. The van der Waals surface area contributed by atoms with Crippen LogP contribution in [0.5, 0.6) is 23.0 Å². The molecule has 0 fully saturated rings. The Balaban J connectivity index is 2.02. The number of benzene rings is 3. The lowest BCUT2D eigenvalue weighted by molar-refractivity contribution is -0.132. The lowest BCUT2D eigenvalue weighted by atomic mass is 9.99. The van der Waals surface area contributed by atoms with Gasteiger partial charge in [0.2, 0.25) is 0 Å². The summed E-state index contributed by atoms with van der Waals surface area (Å²) >= 11 is 0. The molecule has 41 heavy (non-hydrogen) atoms. The van der Waals surface area contributed by atoms with Gasteiger partial charge in [-0.15, -0.1) is 0 Å². The maximum Gasteiger partial charge on any atom is 0.338 e. The predicted molar refractivity (Wildman–Crippen MR) is 150 cm³/mol.